The minimum absolute atomic E-state index is 0.0271. The zero-order valence-electron chi connectivity index (χ0n) is 19.9. The highest BCUT2D eigenvalue weighted by Gasteiger charge is 2.09. The lowest BCUT2D eigenvalue weighted by Crippen LogP contribution is -2.32. The van der Waals surface area contributed by atoms with Gasteiger partial charge in [0, 0.05) is 40.0 Å². The van der Waals surface area contributed by atoms with Crippen molar-refractivity contribution in [3.8, 4) is 17.0 Å². The number of nitrogens with zero attached hydrogens (tertiary/aromatic N) is 2. The maximum atomic E-state index is 12.3. The van der Waals surface area contributed by atoms with Crippen molar-refractivity contribution in [3.63, 3.8) is 0 Å². The maximum Gasteiger partial charge on any atom is 0.226 e. The van der Waals surface area contributed by atoms with Crippen molar-refractivity contribution in [2.75, 3.05) is 18.2 Å². The van der Waals surface area contributed by atoms with Crippen LogP contribution in [-0.4, -0.2) is 23.8 Å². The van der Waals surface area contributed by atoms with Crippen molar-refractivity contribution in [2.24, 2.45) is 0 Å². The van der Waals surface area contributed by atoms with Crippen molar-refractivity contribution in [1.82, 2.24) is 4.98 Å². The number of benzene rings is 2. The number of carbonyl (C=O) groups excluding carboxylic acids is 1. The highest BCUT2D eigenvalue weighted by Crippen LogP contribution is 2.26. The second-order valence-corrected chi connectivity index (χ2v) is 10.2. The van der Waals surface area contributed by atoms with Crippen LogP contribution in [0.4, 0.5) is 5.13 Å². The minimum atomic E-state index is 0.0271. The standard InChI is InChI=1S/C28H29N3O2S2/c1-33-24-13-11-23(12-14-24)26-21-35-28(29-26)30-27(32)10-6-3-7-19-34-25-15-17-31(18-16-25)20-22-8-4-2-5-9-22/h2,4-5,8-9,11-18,21H,3,6-7,10,19-20H2,1H3/p+1. The molecule has 0 spiro atoms. The second kappa shape index (κ2) is 13.1. The Morgan fingerprint density at radius 2 is 1.77 bits per heavy atom. The van der Waals surface area contributed by atoms with Gasteiger partial charge in [0.25, 0.3) is 0 Å². The van der Waals surface area contributed by atoms with Gasteiger partial charge < -0.3 is 10.1 Å². The Morgan fingerprint density at radius 3 is 2.51 bits per heavy atom. The molecule has 0 saturated carbocycles. The summed E-state index contributed by atoms with van der Waals surface area (Å²) in [5, 5.41) is 5.53. The van der Waals surface area contributed by atoms with Gasteiger partial charge in [-0.15, -0.1) is 23.1 Å². The van der Waals surface area contributed by atoms with Gasteiger partial charge in [-0.1, -0.05) is 36.8 Å². The fraction of sp³-hybridized carbons (Fsp3) is 0.250. The molecule has 0 atom stereocenters. The molecule has 0 saturated heterocycles. The van der Waals surface area contributed by atoms with Crippen LogP contribution in [0.5, 0.6) is 5.75 Å². The van der Waals surface area contributed by atoms with Crippen LogP contribution < -0.4 is 14.6 Å². The highest BCUT2D eigenvalue weighted by molar-refractivity contribution is 7.99. The summed E-state index contributed by atoms with van der Waals surface area (Å²) >= 11 is 3.32. The Bertz CT molecular complexity index is 1190. The summed E-state index contributed by atoms with van der Waals surface area (Å²) in [5.41, 5.74) is 3.16. The molecular weight excluding hydrogens is 474 g/mol. The lowest BCUT2D eigenvalue weighted by molar-refractivity contribution is -0.688. The number of carbonyl (C=O) groups is 1. The molecule has 2 aromatic carbocycles. The Morgan fingerprint density at radius 1 is 1.00 bits per heavy atom. The summed E-state index contributed by atoms with van der Waals surface area (Å²) in [6.45, 7) is 0.887. The third-order valence-electron chi connectivity index (χ3n) is 5.52. The summed E-state index contributed by atoms with van der Waals surface area (Å²) in [5.74, 6) is 1.90. The number of methoxy groups -OCH3 is 1. The number of thioether (sulfide) groups is 1. The number of amides is 1. The minimum Gasteiger partial charge on any atom is -0.497 e. The summed E-state index contributed by atoms with van der Waals surface area (Å²) in [6.07, 6.45) is 7.81. The predicted molar refractivity (Wildman–Crippen MR) is 144 cm³/mol. The number of nitrogens with one attached hydrogen (secondary N) is 1. The molecule has 35 heavy (non-hydrogen) atoms. The zero-order chi connectivity index (χ0) is 24.3. The molecule has 5 nitrogen and oxygen atoms in total. The van der Waals surface area contributed by atoms with E-state index in [1.165, 1.54) is 21.8 Å². The molecule has 0 aliphatic rings. The Hall–Kier alpha value is -3.16. The van der Waals surface area contributed by atoms with Crippen LogP contribution in [0.15, 0.2) is 89.4 Å². The van der Waals surface area contributed by atoms with Crippen LogP contribution in [-0.2, 0) is 11.3 Å². The van der Waals surface area contributed by atoms with Gasteiger partial charge in [-0.25, -0.2) is 9.55 Å². The van der Waals surface area contributed by atoms with E-state index in [1.54, 1.807) is 7.11 Å². The fourth-order valence-electron chi connectivity index (χ4n) is 3.60. The molecule has 0 fully saturated rings. The van der Waals surface area contributed by atoms with E-state index in [9.17, 15) is 4.79 Å². The first-order chi connectivity index (χ1) is 17.2. The van der Waals surface area contributed by atoms with E-state index in [-0.39, 0.29) is 5.91 Å². The quantitative estimate of drug-likeness (QED) is 0.137. The van der Waals surface area contributed by atoms with Gasteiger partial charge in [-0.05, 0) is 42.9 Å². The molecule has 1 N–H and O–H groups in total. The largest absolute Gasteiger partial charge is 0.497 e. The number of ether oxygens (including phenoxy) is 1. The van der Waals surface area contributed by atoms with E-state index >= 15 is 0 Å². The molecule has 0 bridgehead atoms. The number of aromatic nitrogens is 2. The molecule has 1 amide bonds. The fourth-order valence-corrected chi connectivity index (χ4v) is 5.24. The molecule has 7 heteroatoms. The molecule has 180 valence electrons. The SMILES string of the molecule is COc1ccc(-c2csc(NC(=O)CCCCCSc3cc[n+](Cc4ccccc4)cc3)n2)cc1. The first-order valence-corrected chi connectivity index (χ1v) is 13.6. The smallest absolute Gasteiger partial charge is 0.226 e. The van der Waals surface area contributed by atoms with Crippen LogP contribution >= 0.6 is 23.1 Å². The first kappa shape index (κ1) is 24.9. The Labute approximate surface area is 215 Å². The Kier molecular flexibility index (Phi) is 9.32. The number of anilines is 1. The molecule has 0 unspecified atom stereocenters. The summed E-state index contributed by atoms with van der Waals surface area (Å²) in [6, 6.07) is 22.6. The van der Waals surface area contributed by atoms with E-state index in [4.69, 9.17) is 4.74 Å². The molecular formula is C28H30N3O2S2+. The molecule has 0 aliphatic carbocycles. The zero-order valence-corrected chi connectivity index (χ0v) is 21.5. The van der Waals surface area contributed by atoms with Crippen molar-refractivity contribution in [3.05, 3.63) is 90.1 Å². The normalized spacial score (nSPS) is 10.8. The van der Waals surface area contributed by atoms with Gasteiger partial charge in [0.1, 0.15) is 5.75 Å². The topological polar surface area (TPSA) is 55.1 Å². The highest BCUT2D eigenvalue weighted by atomic mass is 32.2. The maximum absolute atomic E-state index is 12.3. The van der Waals surface area contributed by atoms with Crippen LogP contribution in [0.1, 0.15) is 31.2 Å². The third-order valence-corrected chi connectivity index (χ3v) is 7.38. The predicted octanol–water partition coefficient (Wildman–Crippen LogP) is 6.45. The van der Waals surface area contributed by atoms with Crippen molar-refractivity contribution < 1.29 is 14.1 Å². The van der Waals surface area contributed by atoms with Gasteiger partial charge in [0.15, 0.2) is 24.1 Å². The van der Waals surface area contributed by atoms with Crippen LogP contribution in [0, 0.1) is 0 Å². The summed E-state index contributed by atoms with van der Waals surface area (Å²) < 4.78 is 7.39. The monoisotopic (exact) mass is 504 g/mol. The lowest BCUT2D eigenvalue weighted by atomic mass is 10.2. The number of pyridine rings is 1. The van der Waals surface area contributed by atoms with E-state index in [0.29, 0.717) is 11.6 Å². The van der Waals surface area contributed by atoms with Gasteiger partial charge in [0.2, 0.25) is 5.91 Å². The van der Waals surface area contributed by atoms with Gasteiger partial charge in [-0.2, -0.15) is 0 Å². The number of hydrogen-bond donors (Lipinski definition) is 1. The molecule has 0 aliphatic heterocycles. The summed E-state index contributed by atoms with van der Waals surface area (Å²) in [7, 11) is 1.65. The van der Waals surface area contributed by atoms with Gasteiger partial charge in [-0.3, -0.25) is 4.79 Å². The van der Waals surface area contributed by atoms with Gasteiger partial charge in [0.05, 0.1) is 12.8 Å². The molecule has 4 aromatic rings. The van der Waals surface area contributed by atoms with Crippen molar-refractivity contribution in [2.45, 2.75) is 37.1 Å². The van der Waals surface area contributed by atoms with Crippen molar-refractivity contribution in [1.29, 1.82) is 0 Å². The van der Waals surface area contributed by atoms with Gasteiger partial charge >= 0.3 is 0 Å². The third kappa shape index (κ3) is 7.94. The number of thiazole rings is 1. The summed E-state index contributed by atoms with van der Waals surface area (Å²) in [4.78, 5) is 18.1. The number of rotatable bonds is 12. The molecule has 2 aromatic heterocycles. The second-order valence-electron chi connectivity index (χ2n) is 8.17. The molecule has 0 radical (unpaired) electrons. The van der Waals surface area contributed by atoms with E-state index < -0.39 is 0 Å². The van der Waals surface area contributed by atoms with Crippen LogP contribution in [0.25, 0.3) is 11.3 Å². The van der Waals surface area contributed by atoms with E-state index in [1.807, 2.05) is 47.5 Å². The number of unbranched alkanes of at least 4 members (excludes halogenated alkanes) is 2. The molecule has 2 heterocycles. The van der Waals surface area contributed by atoms with E-state index in [2.05, 4.69) is 63.7 Å². The van der Waals surface area contributed by atoms with Crippen molar-refractivity contribution >= 4 is 34.1 Å². The first-order valence-electron chi connectivity index (χ1n) is 11.8. The van der Waals surface area contributed by atoms with Crippen LogP contribution in [0.3, 0.4) is 0 Å². The lowest BCUT2D eigenvalue weighted by Gasteiger charge is -2.03. The number of hydrogen-bond acceptors (Lipinski definition) is 5. The molecule has 4 rings (SSSR count). The average molecular weight is 505 g/mol. The average Bonchev–Trinajstić information content (AvgIpc) is 3.36. The van der Waals surface area contributed by atoms with Crippen LogP contribution in [0.2, 0.25) is 0 Å². The Balaban J connectivity index is 1.10. The van der Waals surface area contributed by atoms with E-state index in [0.717, 1.165) is 48.6 Å².